The minimum absolute atomic E-state index is 0.654. The largest absolute Gasteiger partial charge is 0.330 e. The smallest absolute Gasteiger partial charge is 0.0469 e. The Hall–Kier alpha value is -0.0500. The van der Waals surface area contributed by atoms with Gasteiger partial charge in [0, 0.05) is 21.5 Å². The summed E-state index contributed by atoms with van der Waals surface area (Å²) in [5.41, 5.74) is 0.944. The van der Waals surface area contributed by atoms with Crippen LogP contribution in [0.15, 0.2) is 18.2 Å². The third-order valence-electron chi connectivity index (χ3n) is 1.20. The van der Waals surface area contributed by atoms with Crippen LogP contribution in [-0.4, -0.2) is 5.75 Å². The van der Waals surface area contributed by atoms with Crippen molar-refractivity contribution in [1.29, 1.82) is 0 Å². The van der Waals surface area contributed by atoms with Gasteiger partial charge in [0.25, 0.3) is 0 Å². The standard InChI is InChI=1S/C8H9Cl2NS/c1-2-12-11-8-4-6(9)3-7(10)5-8/h3-5,11H,2H2,1H3. The van der Waals surface area contributed by atoms with E-state index in [2.05, 4.69) is 11.6 Å². The summed E-state index contributed by atoms with van der Waals surface area (Å²) in [6.07, 6.45) is 0. The van der Waals surface area contributed by atoms with Crippen molar-refractivity contribution >= 4 is 40.8 Å². The number of nitrogens with one attached hydrogen (secondary N) is 1. The van der Waals surface area contributed by atoms with Gasteiger partial charge in [0.1, 0.15) is 0 Å². The van der Waals surface area contributed by atoms with Crippen molar-refractivity contribution < 1.29 is 0 Å². The van der Waals surface area contributed by atoms with Crippen LogP contribution in [0.25, 0.3) is 0 Å². The summed E-state index contributed by atoms with van der Waals surface area (Å²) in [6, 6.07) is 5.40. The zero-order chi connectivity index (χ0) is 8.97. The zero-order valence-electron chi connectivity index (χ0n) is 6.60. The lowest BCUT2D eigenvalue weighted by atomic mass is 10.3. The van der Waals surface area contributed by atoms with Crippen molar-refractivity contribution in [3.8, 4) is 0 Å². The Balaban J connectivity index is 2.72. The summed E-state index contributed by atoms with van der Waals surface area (Å²) in [7, 11) is 0. The first kappa shape index (κ1) is 10.0. The van der Waals surface area contributed by atoms with E-state index in [0.717, 1.165) is 11.4 Å². The molecule has 1 aromatic carbocycles. The molecule has 0 unspecified atom stereocenters. The van der Waals surface area contributed by atoms with E-state index < -0.39 is 0 Å². The topological polar surface area (TPSA) is 12.0 Å². The molecule has 66 valence electrons. The molecule has 0 aliphatic carbocycles. The minimum Gasteiger partial charge on any atom is -0.330 e. The number of benzene rings is 1. The van der Waals surface area contributed by atoms with Crippen molar-refractivity contribution in [2.45, 2.75) is 6.92 Å². The van der Waals surface area contributed by atoms with Gasteiger partial charge in [-0.2, -0.15) is 0 Å². The van der Waals surface area contributed by atoms with Crippen LogP contribution in [0.5, 0.6) is 0 Å². The van der Waals surface area contributed by atoms with Crippen molar-refractivity contribution in [1.82, 2.24) is 0 Å². The van der Waals surface area contributed by atoms with E-state index in [1.807, 2.05) is 12.1 Å². The molecule has 1 rings (SSSR count). The summed E-state index contributed by atoms with van der Waals surface area (Å²) < 4.78 is 3.12. The fourth-order valence-electron chi connectivity index (χ4n) is 0.768. The molecule has 0 saturated carbocycles. The summed E-state index contributed by atoms with van der Waals surface area (Å²) in [6.45, 7) is 2.07. The molecule has 0 aliphatic heterocycles. The van der Waals surface area contributed by atoms with Crippen LogP contribution in [0.4, 0.5) is 5.69 Å². The number of rotatable bonds is 3. The maximum absolute atomic E-state index is 5.80. The van der Waals surface area contributed by atoms with E-state index in [9.17, 15) is 0 Å². The highest BCUT2D eigenvalue weighted by Gasteiger charge is 1.96. The molecular weight excluding hydrogens is 213 g/mol. The number of hydrogen-bond donors (Lipinski definition) is 1. The van der Waals surface area contributed by atoms with Gasteiger partial charge in [-0.15, -0.1) is 0 Å². The number of anilines is 1. The summed E-state index contributed by atoms with van der Waals surface area (Å²) >= 11 is 13.2. The third-order valence-corrected chi connectivity index (χ3v) is 2.30. The molecule has 0 spiro atoms. The van der Waals surface area contributed by atoms with Crippen molar-refractivity contribution in [2.75, 3.05) is 10.5 Å². The number of hydrogen-bond acceptors (Lipinski definition) is 2. The van der Waals surface area contributed by atoms with E-state index in [-0.39, 0.29) is 0 Å². The van der Waals surface area contributed by atoms with Crippen molar-refractivity contribution in [3.05, 3.63) is 28.2 Å². The highest BCUT2D eigenvalue weighted by molar-refractivity contribution is 8.00. The van der Waals surface area contributed by atoms with Crippen LogP contribution < -0.4 is 4.72 Å². The highest BCUT2D eigenvalue weighted by atomic mass is 35.5. The second kappa shape index (κ2) is 4.85. The Morgan fingerprint density at radius 3 is 2.33 bits per heavy atom. The van der Waals surface area contributed by atoms with Crippen LogP contribution >= 0.6 is 35.1 Å². The van der Waals surface area contributed by atoms with E-state index in [1.54, 1.807) is 18.0 Å². The van der Waals surface area contributed by atoms with Crippen LogP contribution in [0, 0.1) is 0 Å². The van der Waals surface area contributed by atoms with Crippen LogP contribution in [0.1, 0.15) is 6.92 Å². The maximum Gasteiger partial charge on any atom is 0.0469 e. The predicted molar refractivity (Wildman–Crippen MR) is 58.2 cm³/mol. The van der Waals surface area contributed by atoms with E-state index in [1.165, 1.54) is 0 Å². The van der Waals surface area contributed by atoms with Gasteiger partial charge < -0.3 is 4.72 Å². The van der Waals surface area contributed by atoms with Crippen LogP contribution in [0.2, 0.25) is 10.0 Å². The van der Waals surface area contributed by atoms with Crippen LogP contribution in [-0.2, 0) is 0 Å². The second-order valence-electron chi connectivity index (χ2n) is 2.19. The maximum atomic E-state index is 5.80. The van der Waals surface area contributed by atoms with Gasteiger partial charge in [0.15, 0.2) is 0 Å². The normalized spacial score (nSPS) is 9.92. The van der Waals surface area contributed by atoms with Crippen molar-refractivity contribution in [3.63, 3.8) is 0 Å². The average molecular weight is 222 g/mol. The van der Waals surface area contributed by atoms with Crippen LogP contribution in [0.3, 0.4) is 0 Å². The molecule has 0 aromatic heterocycles. The second-order valence-corrected chi connectivity index (χ2v) is 4.14. The van der Waals surface area contributed by atoms with E-state index >= 15 is 0 Å². The fraction of sp³-hybridized carbons (Fsp3) is 0.250. The Morgan fingerprint density at radius 2 is 1.83 bits per heavy atom. The molecule has 0 amide bonds. The van der Waals surface area contributed by atoms with Gasteiger partial charge >= 0.3 is 0 Å². The quantitative estimate of drug-likeness (QED) is 0.773. The zero-order valence-corrected chi connectivity index (χ0v) is 8.93. The first-order valence-electron chi connectivity index (χ1n) is 3.56. The van der Waals surface area contributed by atoms with Crippen molar-refractivity contribution in [2.24, 2.45) is 0 Å². The summed E-state index contributed by atoms with van der Waals surface area (Å²) in [4.78, 5) is 0. The SMILES string of the molecule is CCSNc1cc(Cl)cc(Cl)c1. The van der Waals surface area contributed by atoms with Gasteiger partial charge in [-0.25, -0.2) is 0 Å². The van der Waals surface area contributed by atoms with Gasteiger partial charge in [-0.1, -0.05) is 42.1 Å². The molecule has 4 heteroatoms. The Morgan fingerprint density at radius 1 is 1.25 bits per heavy atom. The molecule has 12 heavy (non-hydrogen) atoms. The Bertz CT molecular complexity index is 245. The Kier molecular flexibility index (Phi) is 4.06. The average Bonchev–Trinajstić information content (AvgIpc) is 1.99. The molecule has 1 nitrogen and oxygen atoms in total. The molecular formula is C8H9Cl2NS. The molecule has 0 fully saturated rings. The third kappa shape index (κ3) is 3.13. The monoisotopic (exact) mass is 221 g/mol. The predicted octanol–water partition coefficient (Wildman–Crippen LogP) is 4.07. The summed E-state index contributed by atoms with van der Waals surface area (Å²) in [5.74, 6) is 1.00. The van der Waals surface area contributed by atoms with Gasteiger partial charge in [0.2, 0.25) is 0 Å². The molecule has 0 bridgehead atoms. The Labute approximate surface area is 86.6 Å². The van der Waals surface area contributed by atoms with Gasteiger partial charge in [-0.05, 0) is 18.2 Å². The fourth-order valence-corrected chi connectivity index (χ4v) is 1.72. The summed E-state index contributed by atoms with van der Waals surface area (Å²) in [5, 5.41) is 1.31. The van der Waals surface area contributed by atoms with E-state index in [0.29, 0.717) is 10.0 Å². The lowest BCUT2D eigenvalue weighted by molar-refractivity contribution is 1.52. The molecule has 0 atom stereocenters. The minimum atomic E-state index is 0.654. The van der Waals surface area contributed by atoms with Gasteiger partial charge in [-0.3, -0.25) is 0 Å². The first-order chi connectivity index (χ1) is 5.72. The molecule has 0 aliphatic rings. The lowest BCUT2D eigenvalue weighted by Gasteiger charge is -2.04. The molecule has 0 radical (unpaired) electrons. The molecule has 1 aromatic rings. The lowest BCUT2D eigenvalue weighted by Crippen LogP contribution is -1.86. The first-order valence-corrected chi connectivity index (χ1v) is 5.30. The molecule has 1 N–H and O–H groups in total. The molecule has 0 heterocycles. The molecule has 0 saturated heterocycles. The number of halogens is 2. The van der Waals surface area contributed by atoms with Gasteiger partial charge in [0.05, 0.1) is 0 Å². The highest BCUT2D eigenvalue weighted by Crippen LogP contribution is 2.23. The van der Waals surface area contributed by atoms with E-state index in [4.69, 9.17) is 23.2 Å².